The first-order valence-corrected chi connectivity index (χ1v) is 7.29. The van der Waals surface area contributed by atoms with Crippen molar-refractivity contribution in [1.29, 1.82) is 0 Å². The molecule has 1 N–H and O–H groups in total. The van der Waals surface area contributed by atoms with Crippen LogP contribution in [0.2, 0.25) is 0 Å². The molecule has 3 heteroatoms. The zero-order chi connectivity index (χ0) is 15.6. The molecule has 0 bridgehead atoms. The van der Waals surface area contributed by atoms with E-state index >= 15 is 0 Å². The third-order valence-electron chi connectivity index (χ3n) is 3.53. The number of anilines is 3. The molecule has 1 aromatic heterocycles. The van der Waals surface area contributed by atoms with E-state index < -0.39 is 0 Å². The van der Waals surface area contributed by atoms with Crippen molar-refractivity contribution in [1.82, 2.24) is 4.98 Å². The summed E-state index contributed by atoms with van der Waals surface area (Å²) >= 11 is 0. The highest BCUT2D eigenvalue weighted by molar-refractivity contribution is 5.74. The molecular formula is C18H25N3. The van der Waals surface area contributed by atoms with E-state index in [1.54, 1.807) is 0 Å². The van der Waals surface area contributed by atoms with Crippen LogP contribution in [-0.4, -0.2) is 19.1 Å². The zero-order valence-electron chi connectivity index (χ0n) is 13.9. The zero-order valence-corrected chi connectivity index (χ0v) is 13.9. The van der Waals surface area contributed by atoms with Gasteiger partial charge in [-0.25, -0.2) is 0 Å². The summed E-state index contributed by atoms with van der Waals surface area (Å²) in [5, 5.41) is 3.46. The SMILES string of the molecule is Cc1cc(N(C)C)c(Nc2ccc(C(C)(C)C)cc2)cn1. The summed E-state index contributed by atoms with van der Waals surface area (Å²) in [5.74, 6) is 0. The van der Waals surface area contributed by atoms with E-state index in [-0.39, 0.29) is 5.41 Å². The molecule has 0 saturated carbocycles. The van der Waals surface area contributed by atoms with Crippen LogP contribution in [0.15, 0.2) is 36.5 Å². The van der Waals surface area contributed by atoms with Crippen molar-refractivity contribution in [2.75, 3.05) is 24.3 Å². The number of aromatic nitrogens is 1. The van der Waals surface area contributed by atoms with Gasteiger partial charge in [0.05, 0.1) is 17.6 Å². The predicted molar refractivity (Wildman–Crippen MR) is 91.7 cm³/mol. The first kappa shape index (κ1) is 15.4. The van der Waals surface area contributed by atoms with Crippen LogP contribution in [-0.2, 0) is 5.41 Å². The van der Waals surface area contributed by atoms with Crippen molar-refractivity contribution < 1.29 is 0 Å². The van der Waals surface area contributed by atoms with Gasteiger partial charge in [0, 0.05) is 25.5 Å². The summed E-state index contributed by atoms with van der Waals surface area (Å²) in [7, 11) is 4.09. The van der Waals surface area contributed by atoms with Gasteiger partial charge in [0.1, 0.15) is 0 Å². The summed E-state index contributed by atoms with van der Waals surface area (Å²) in [6, 6.07) is 10.7. The summed E-state index contributed by atoms with van der Waals surface area (Å²) in [4.78, 5) is 6.48. The predicted octanol–water partition coefficient (Wildman–Crippen LogP) is 4.50. The standard InChI is InChI=1S/C18H25N3/c1-13-11-17(21(5)6)16(12-19-13)20-15-9-7-14(8-10-15)18(2,3)4/h7-12,20H,1-6H3. The van der Waals surface area contributed by atoms with E-state index in [9.17, 15) is 0 Å². The quantitative estimate of drug-likeness (QED) is 0.899. The fraction of sp³-hybridized carbons (Fsp3) is 0.389. The van der Waals surface area contributed by atoms with Crippen molar-refractivity contribution in [3.63, 3.8) is 0 Å². The highest BCUT2D eigenvalue weighted by Crippen LogP contribution is 2.29. The van der Waals surface area contributed by atoms with Crippen molar-refractivity contribution in [2.24, 2.45) is 0 Å². The fourth-order valence-corrected chi connectivity index (χ4v) is 2.22. The van der Waals surface area contributed by atoms with Crippen molar-refractivity contribution in [3.05, 3.63) is 47.8 Å². The van der Waals surface area contributed by atoms with E-state index in [4.69, 9.17) is 0 Å². The van der Waals surface area contributed by atoms with Gasteiger partial charge in [0.25, 0.3) is 0 Å². The molecule has 0 aliphatic carbocycles. The molecule has 0 spiro atoms. The lowest BCUT2D eigenvalue weighted by Crippen LogP contribution is -2.12. The van der Waals surface area contributed by atoms with Crippen LogP contribution in [0.5, 0.6) is 0 Å². The minimum atomic E-state index is 0.179. The number of benzene rings is 1. The second-order valence-corrected chi connectivity index (χ2v) is 6.69. The molecule has 0 unspecified atom stereocenters. The van der Waals surface area contributed by atoms with Crippen LogP contribution >= 0.6 is 0 Å². The molecule has 1 heterocycles. The molecule has 3 nitrogen and oxygen atoms in total. The maximum absolute atomic E-state index is 4.39. The Hall–Kier alpha value is -2.03. The van der Waals surface area contributed by atoms with Crippen molar-refractivity contribution in [3.8, 4) is 0 Å². The van der Waals surface area contributed by atoms with Gasteiger partial charge < -0.3 is 10.2 Å². The highest BCUT2D eigenvalue weighted by atomic mass is 15.1. The Balaban J connectivity index is 2.26. The van der Waals surface area contributed by atoms with E-state index in [1.165, 1.54) is 5.56 Å². The molecule has 0 radical (unpaired) electrons. The number of nitrogens with one attached hydrogen (secondary N) is 1. The Morgan fingerprint density at radius 3 is 2.19 bits per heavy atom. The van der Waals surface area contributed by atoms with E-state index in [0.29, 0.717) is 0 Å². The fourth-order valence-electron chi connectivity index (χ4n) is 2.22. The number of hydrogen-bond donors (Lipinski definition) is 1. The molecule has 0 saturated heterocycles. The largest absolute Gasteiger partial charge is 0.376 e. The molecule has 112 valence electrons. The number of nitrogens with zero attached hydrogens (tertiary/aromatic N) is 2. The molecule has 1 aromatic carbocycles. The van der Waals surface area contributed by atoms with Gasteiger partial charge in [-0.05, 0) is 36.1 Å². The number of pyridine rings is 1. The van der Waals surface area contributed by atoms with Crippen molar-refractivity contribution >= 4 is 17.1 Å². The molecule has 0 aliphatic heterocycles. The average molecular weight is 283 g/mol. The topological polar surface area (TPSA) is 28.2 Å². The van der Waals surface area contributed by atoms with Crippen LogP contribution < -0.4 is 10.2 Å². The Kier molecular flexibility index (Phi) is 4.21. The van der Waals surface area contributed by atoms with Gasteiger partial charge in [0.2, 0.25) is 0 Å². The third kappa shape index (κ3) is 3.75. The van der Waals surface area contributed by atoms with Crippen LogP contribution in [0.4, 0.5) is 17.1 Å². The summed E-state index contributed by atoms with van der Waals surface area (Å²) in [6.45, 7) is 8.69. The Morgan fingerprint density at radius 2 is 1.67 bits per heavy atom. The first-order valence-electron chi connectivity index (χ1n) is 7.29. The maximum atomic E-state index is 4.39. The van der Waals surface area contributed by atoms with Gasteiger partial charge in [-0.15, -0.1) is 0 Å². The van der Waals surface area contributed by atoms with E-state index in [2.05, 4.69) is 66.3 Å². The van der Waals surface area contributed by atoms with Gasteiger partial charge in [0.15, 0.2) is 0 Å². The molecule has 0 fully saturated rings. The lowest BCUT2D eigenvalue weighted by Gasteiger charge is -2.21. The molecule has 0 aliphatic rings. The number of rotatable bonds is 3. The molecule has 2 rings (SSSR count). The summed E-state index contributed by atoms with van der Waals surface area (Å²) in [5.41, 5.74) is 5.78. The Labute approximate surface area is 128 Å². The molecule has 21 heavy (non-hydrogen) atoms. The van der Waals surface area contributed by atoms with E-state index in [0.717, 1.165) is 22.8 Å². The molecule has 2 aromatic rings. The number of aryl methyl sites for hydroxylation is 1. The van der Waals surface area contributed by atoms with Gasteiger partial charge in [-0.3, -0.25) is 4.98 Å². The second kappa shape index (κ2) is 5.76. The van der Waals surface area contributed by atoms with Crippen LogP contribution in [0.1, 0.15) is 32.0 Å². The lowest BCUT2D eigenvalue weighted by atomic mass is 9.87. The van der Waals surface area contributed by atoms with Gasteiger partial charge in [-0.2, -0.15) is 0 Å². The summed E-state index contributed by atoms with van der Waals surface area (Å²) < 4.78 is 0. The van der Waals surface area contributed by atoms with Crippen LogP contribution in [0.3, 0.4) is 0 Å². The van der Waals surface area contributed by atoms with Gasteiger partial charge in [-0.1, -0.05) is 32.9 Å². The maximum Gasteiger partial charge on any atom is 0.0808 e. The summed E-state index contributed by atoms with van der Waals surface area (Å²) in [6.07, 6.45) is 1.89. The van der Waals surface area contributed by atoms with E-state index in [1.807, 2.05) is 27.2 Å². The smallest absolute Gasteiger partial charge is 0.0808 e. The molecule has 0 amide bonds. The van der Waals surface area contributed by atoms with Crippen molar-refractivity contribution in [2.45, 2.75) is 33.1 Å². The first-order chi connectivity index (χ1) is 9.77. The Bertz CT molecular complexity index is 607. The molecule has 0 atom stereocenters. The lowest BCUT2D eigenvalue weighted by molar-refractivity contribution is 0.590. The molecular weight excluding hydrogens is 258 g/mol. The Morgan fingerprint density at radius 1 is 1.05 bits per heavy atom. The monoisotopic (exact) mass is 283 g/mol. The number of hydrogen-bond acceptors (Lipinski definition) is 3. The van der Waals surface area contributed by atoms with Gasteiger partial charge >= 0.3 is 0 Å². The minimum absolute atomic E-state index is 0.179. The van der Waals surface area contributed by atoms with Crippen LogP contribution in [0, 0.1) is 6.92 Å². The van der Waals surface area contributed by atoms with Crippen LogP contribution in [0.25, 0.3) is 0 Å². The third-order valence-corrected chi connectivity index (χ3v) is 3.53. The minimum Gasteiger partial charge on any atom is -0.376 e. The average Bonchev–Trinajstić information content (AvgIpc) is 2.40. The second-order valence-electron chi connectivity index (χ2n) is 6.69. The highest BCUT2D eigenvalue weighted by Gasteiger charge is 2.13. The normalized spacial score (nSPS) is 11.3.